The van der Waals surface area contributed by atoms with E-state index in [0.717, 1.165) is 35.7 Å². The normalized spacial score (nSPS) is 12.0. The van der Waals surface area contributed by atoms with Crippen LogP contribution >= 0.6 is 0 Å². The molecule has 3 N–H and O–H groups in total. The van der Waals surface area contributed by atoms with Crippen molar-refractivity contribution in [3.63, 3.8) is 0 Å². The van der Waals surface area contributed by atoms with Crippen molar-refractivity contribution in [3.8, 4) is 11.3 Å². The molecule has 0 aliphatic carbocycles. The SMILES string of the molecule is CC.CC(C)(C)NCC(O)c1cccc(-c2cccnc2)n1.CN(C)c1cccc(CCNC(C)(C)C)n1. The van der Waals surface area contributed by atoms with Gasteiger partial charge in [-0.15, -0.1) is 0 Å². The fraction of sp³-hybridized carbons (Fsp3) is 0.516. The summed E-state index contributed by atoms with van der Waals surface area (Å²) >= 11 is 0. The zero-order valence-electron chi connectivity index (χ0n) is 25.2. The minimum absolute atomic E-state index is 0.0259. The van der Waals surface area contributed by atoms with Gasteiger partial charge in [-0.3, -0.25) is 4.98 Å². The summed E-state index contributed by atoms with van der Waals surface area (Å²) in [6.45, 7) is 18.2. The first-order chi connectivity index (χ1) is 17.8. The van der Waals surface area contributed by atoms with E-state index in [1.54, 1.807) is 12.4 Å². The standard InChI is InChI=1S/C16H21N3O.C13H23N3.C2H6/c1-16(2,3)18-11-15(20)14-8-4-7-13(19-14)12-6-5-9-17-10-12;1-13(2,3)14-10-9-11-7-6-8-12(15-11)16(4)5;1-2/h4-10,15,18,20H,11H2,1-3H3;6-8,14H,9-10H2,1-5H3;1-2H3. The molecule has 1 atom stereocenters. The van der Waals surface area contributed by atoms with Crippen molar-refractivity contribution in [2.24, 2.45) is 0 Å². The molecule has 0 bridgehead atoms. The average molecular weight is 523 g/mol. The molecule has 38 heavy (non-hydrogen) atoms. The number of pyridine rings is 3. The van der Waals surface area contributed by atoms with Gasteiger partial charge in [0.2, 0.25) is 0 Å². The number of aliphatic hydroxyl groups excluding tert-OH is 1. The number of rotatable bonds is 8. The number of aliphatic hydroxyl groups is 1. The van der Waals surface area contributed by atoms with Crippen LogP contribution in [0.2, 0.25) is 0 Å². The Morgan fingerprint density at radius 3 is 2.08 bits per heavy atom. The Kier molecular flexibility index (Phi) is 14.1. The van der Waals surface area contributed by atoms with Crippen molar-refractivity contribution in [3.05, 3.63) is 72.3 Å². The van der Waals surface area contributed by atoms with E-state index in [4.69, 9.17) is 0 Å². The summed E-state index contributed by atoms with van der Waals surface area (Å²) < 4.78 is 0. The molecule has 0 saturated heterocycles. The first-order valence-electron chi connectivity index (χ1n) is 13.5. The van der Waals surface area contributed by atoms with Crippen LogP contribution in [0.3, 0.4) is 0 Å². The molecule has 0 amide bonds. The molecule has 7 heteroatoms. The second kappa shape index (κ2) is 16.2. The molecule has 3 heterocycles. The minimum Gasteiger partial charge on any atom is -0.385 e. The van der Waals surface area contributed by atoms with Crippen LogP contribution in [0, 0.1) is 0 Å². The van der Waals surface area contributed by atoms with E-state index in [1.165, 1.54) is 0 Å². The Hall–Kier alpha value is -2.87. The molecule has 0 aliphatic rings. The van der Waals surface area contributed by atoms with E-state index in [-0.39, 0.29) is 11.1 Å². The lowest BCUT2D eigenvalue weighted by Crippen LogP contribution is -2.38. The van der Waals surface area contributed by atoms with Crippen LogP contribution in [0.25, 0.3) is 11.3 Å². The molecule has 7 nitrogen and oxygen atoms in total. The number of aromatic nitrogens is 3. The lowest BCUT2D eigenvalue weighted by molar-refractivity contribution is 0.159. The van der Waals surface area contributed by atoms with Gasteiger partial charge in [0.25, 0.3) is 0 Å². The second-order valence-corrected chi connectivity index (χ2v) is 11.1. The van der Waals surface area contributed by atoms with Crippen LogP contribution in [-0.4, -0.2) is 58.3 Å². The van der Waals surface area contributed by atoms with Gasteiger partial charge in [0.15, 0.2) is 0 Å². The summed E-state index contributed by atoms with van der Waals surface area (Å²) in [4.78, 5) is 15.2. The number of hydrogen-bond acceptors (Lipinski definition) is 7. The average Bonchev–Trinajstić information content (AvgIpc) is 2.88. The topological polar surface area (TPSA) is 86.2 Å². The highest BCUT2D eigenvalue weighted by molar-refractivity contribution is 5.57. The molecule has 0 aromatic carbocycles. The maximum absolute atomic E-state index is 10.2. The smallest absolute Gasteiger partial charge is 0.128 e. The highest BCUT2D eigenvalue weighted by atomic mass is 16.3. The lowest BCUT2D eigenvalue weighted by atomic mass is 10.1. The summed E-state index contributed by atoms with van der Waals surface area (Å²) in [6.07, 6.45) is 3.85. The highest BCUT2D eigenvalue weighted by Gasteiger charge is 2.15. The third-order valence-corrected chi connectivity index (χ3v) is 5.18. The van der Waals surface area contributed by atoms with Crippen LogP contribution in [-0.2, 0) is 6.42 Å². The Morgan fingerprint density at radius 2 is 1.50 bits per heavy atom. The van der Waals surface area contributed by atoms with Crippen LogP contribution < -0.4 is 15.5 Å². The third-order valence-electron chi connectivity index (χ3n) is 5.18. The Morgan fingerprint density at radius 1 is 0.842 bits per heavy atom. The quantitative estimate of drug-likeness (QED) is 0.351. The van der Waals surface area contributed by atoms with E-state index in [1.807, 2.05) is 69.2 Å². The number of hydrogen-bond donors (Lipinski definition) is 3. The van der Waals surface area contributed by atoms with Crippen LogP contribution in [0.4, 0.5) is 5.82 Å². The van der Waals surface area contributed by atoms with E-state index < -0.39 is 6.10 Å². The summed E-state index contributed by atoms with van der Waals surface area (Å²) in [5, 5.41) is 17.0. The predicted molar refractivity (Wildman–Crippen MR) is 162 cm³/mol. The predicted octanol–water partition coefficient (Wildman–Crippen LogP) is 5.67. The fourth-order valence-electron chi connectivity index (χ4n) is 3.24. The Bertz CT molecular complexity index is 1040. The summed E-state index contributed by atoms with van der Waals surface area (Å²) in [5.74, 6) is 1.02. The zero-order valence-corrected chi connectivity index (χ0v) is 25.2. The van der Waals surface area contributed by atoms with Gasteiger partial charge < -0.3 is 20.6 Å². The van der Waals surface area contributed by atoms with Gasteiger partial charge >= 0.3 is 0 Å². The zero-order chi connectivity index (χ0) is 28.8. The van der Waals surface area contributed by atoms with Gasteiger partial charge in [-0.05, 0) is 77.9 Å². The van der Waals surface area contributed by atoms with Gasteiger partial charge in [-0.1, -0.05) is 26.0 Å². The van der Waals surface area contributed by atoms with E-state index in [2.05, 4.69) is 79.3 Å². The van der Waals surface area contributed by atoms with Crippen molar-refractivity contribution in [1.29, 1.82) is 0 Å². The largest absolute Gasteiger partial charge is 0.385 e. The van der Waals surface area contributed by atoms with Crippen LogP contribution in [0.1, 0.15) is 72.9 Å². The van der Waals surface area contributed by atoms with Gasteiger partial charge in [-0.25, -0.2) is 9.97 Å². The Balaban J connectivity index is 0.000000365. The van der Waals surface area contributed by atoms with Crippen molar-refractivity contribution < 1.29 is 5.11 Å². The summed E-state index contributed by atoms with van der Waals surface area (Å²) in [7, 11) is 4.03. The maximum Gasteiger partial charge on any atom is 0.128 e. The van der Waals surface area contributed by atoms with Crippen molar-refractivity contribution in [2.45, 2.75) is 79.0 Å². The molecule has 0 saturated carbocycles. The molecule has 0 spiro atoms. The van der Waals surface area contributed by atoms with Crippen molar-refractivity contribution in [2.75, 3.05) is 32.1 Å². The monoisotopic (exact) mass is 522 g/mol. The number of anilines is 1. The van der Waals surface area contributed by atoms with Gasteiger partial charge in [0.1, 0.15) is 11.9 Å². The Labute approximate surface area is 231 Å². The van der Waals surface area contributed by atoms with Crippen LogP contribution in [0.5, 0.6) is 0 Å². The first kappa shape index (κ1) is 33.2. The molecule has 0 fully saturated rings. The van der Waals surface area contributed by atoms with Gasteiger partial charge in [0.05, 0.1) is 11.4 Å². The summed E-state index contributed by atoms with van der Waals surface area (Å²) in [6, 6.07) is 15.7. The van der Waals surface area contributed by atoms with E-state index >= 15 is 0 Å². The molecular weight excluding hydrogens is 472 g/mol. The maximum atomic E-state index is 10.2. The van der Waals surface area contributed by atoms with E-state index in [9.17, 15) is 5.11 Å². The van der Waals surface area contributed by atoms with Gasteiger partial charge in [0, 0.05) is 68.3 Å². The van der Waals surface area contributed by atoms with Crippen molar-refractivity contribution >= 4 is 5.82 Å². The van der Waals surface area contributed by atoms with Crippen LogP contribution in [0.15, 0.2) is 60.9 Å². The van der Waals surface area contributed by atoms with Crippen molar-refractivity contribution in [1.82, 2.24) is 25.6 Å². The molecule has 3 aromatic heterocycles. The molecule has 1 unspecified atom stereocenters. The fourth-order valence-corrected chi connectivity index (χ4v) is 3.24. The van der Waals surface area contributed by atoms with E-state index in [0.29, 0.717) is 12.2 Å². The summed E-state index contributed by atoms with van der Waals surface area (Å²) in [5.41, 5.74) is 3.74. The molecule has 0 radical (unpaired) electrons. The molecule has 3 rings (SSSR count). The number of nitrogens with zero attached hydrogens (tertiary/aromatic N) is 4. The second-order valence-electron chi connectivity index (χ2n) is 11.1. The third kappa shape index (κ3) is 13.6. The number of β-amino-alcohol motifs (C(OH)–C–C–N with tert-alkyl or cyclic N) is 1. The molecular formula is C31H50N6O. The highest BCUT2D eigenvalue weighted by Crippen LogP contribution is 2.18. The molecule has 3 aromatic rings. The van der Waals surface area contributed by atoms with Gasteiger partial charge in [-0.2, -0.15) is 0 Å². The molecule has 210 valence electrons. The molecule has 0 aliphatic heterocycles. The number of nitrogens with one attached hydrogen (secondary N) is 2. The first-order valence-corrected chi connectivity index (χ1v) is 13.5. The lowest BCUT2D eigenvalue weighted by Gasteiger charge is -2.22. The minimum atomic E-state index is -0.620.